The Kier molecular flexibility index (Phi) is 5.20. The fourth-order valence-corrected chi connectivity index (χ4v) is 2.28. The van der Waals surface area contributed by atoms with E-state index in [1.54, 1.807) is 0 Å². The Morgan fingerprint density at radius 3 is 2.50 bits per heavy atom. The summed E-state index contributed by atoms with van der Waals surface area (Å²) in [6.45, 7) is 6.71. The van der Waals surface area contributed by atoms with E-state index in [-0.39, 0.29) is 5.75 Å². The molecule has 0 aliphatic carbocycles. The highest BCUT2D eigenvalue weighted by atomic mass is 32.2. The first-order valence-electron chi connectivity index (χ1n) is 6.20. The smallest absolute Gasteiger partial charge is 0.147 e. The molecule has 0 unspecified atom stereocenters. The minimum absolute atomic E-state index is 0.177. The molecule has 0 aliphatic heterocycles. The fraction of sp³-hybridized carbons (Fsp3) is 0.571. The van der Waals surface area contributed by atoms with Crippen LogP contribution in [0.25, 0.3) is 0 Å². The van der Waals surface area contributed by atoms with E-state index in [0.29, 0.717) is 18.9 Å². The van der Waals surface area contributed by atoms with Crippen LogP contribution < -0.4 is 4.74 Å². The van der Waals surface area contributed by atoms with E-state index in [9.17, 15) is 8.42 Å². The predicted molar refractivity (Wildman–Crippen MR) is 75.1 cm³/mol. The first kappa shape index (κ1) is 15.0. The van der Waals surface area contributed by atoms with Crippen LogP contribution in [0.5, 0.6) is 5.75 Å². The molecule has 0 N–H and O–H groups in total. The van der Waals surface area contributed by atoms with Crippen molar-refractivity contribution in [2.75, 3.05) is 18.6 Å². The maximum atomic E-state index is 11.0. The molecular formula is C14H22O3S. The zero-order valence-electron chi connectivity index (χ0n) is 11.6. The van der Waals surface area contributed by atoms with Crippen molar-refractivity contribution in [1.82, 2.24) is 0 Å². The van der Waals surface area contributed by atoms with Gasteiger partial charge < -0.3 is 4.74 Å². The summed E-state index contributed by atoms with van der Waals surface area (Å²) in [5, 5.41) is 0. The van der Waals surface area contributed by atoms with Gasteiger partial charge in [-0.3, -0.25) is 0 Å². The number of sulfone groups is 1. The van der Waals surface area contributed by atoms with Crippen LogP contribution in [0.15, 0.2) is 18.2 Å². The first-order chi connectivity index (χ1) is 8.29. The minimum atomic E-state index is -2.89. The van der Waals surface area contributed by atoms with E-state index in [4.69, 9.17) is 4.74 Å². The van der Waals surface area contributed by atoms with Crippen LogP contribution in [0.4, 0.5) is 0 Å². The zero-order chi connectivity index (χ0) is 13.8. The summed E-state index contributed by atoms with van der Waals surface area (Å²) in [4.78, 5) is 0. The van der Waals surface area contributed by atoms with Crippen molar-refractivity contribution in [3.05, 3.63) is 29.3 Å². The maximum absolute atomic E-state index is 11.0. The summed E-state index contributed by atoms with van der Waals surface area (Å²) >= 11 is 0. The lowest BCUT2D eigenvalue weighted by Gasteiger charge is -2.12. The number of ether oxygens (including phenoxy) is 1. The Morgan fingerprint density at radius 1 is 1.28 bits per heavy atom. The first-order valence-corrected chi connectivity index (χ1v) is 8.26. The summed E-state index contributed by atoms with van der Waals surface area (Å²) in [5.41, 5.74) is 2.32. The van der Waals surface area contributed by atoms with Gasteiger partial charge in [0.05, 0.1) is 12.4 Å². The van der Waals surface area contributed by atoms with Gasteiger partial charge in [-0.1, -0.05) is 26.0 Å². The third-order valence-electron chi connectivity index (χ3n) is 2.80. The lowest BCUT2D eigenvalue weighted by Crippen LogP contribution is -2.08. The molecule has 0 amide bonds. The van der Waals surface area contributed by atoms with Crippen LogP contribution in [0.3, 0.4) is 0 Å². The summed E-state index contributed by atoms with van der Waals surface area (Å²) in [5.74, 6) is 1.49. The third-order valence-corrected chi connectivity index (χ3v) is 3.83. The summed E-state index contributed by atoms with van der Waals surface area (Å²) in [6.07, 6.45) is 1.78. The third kappa shape index (κ3) is 5.08. The fourth-order valence-electron chi connectivity index (χ4n) is 1.63. The minimum Gasteiger partial charge on any atom is -0.493 e. The summed E-state index contributed by atoms with van der Waals surface area (Å²) < 4.78 is 27.7. The van der Waals surface area contributed by atoms with Gasteiger partial charge in [-0.25, -0.2) is 8.42 Å². The van der Waals surface area contributed by atoms with Gasteiger partial charge in [0.15, 0.2) is 0 Å². The summed E-state index contributed by atoms with van der Waals surface area (Å²) in [7, 11) is -2.89. The van der Waals surface area contributed by atoms with Gasteiger partial charge in [-0.2, -0.15) is 0 Å². The number of rotatable bonds is 6. The van der Waals surface area contributed by atoms with Gasteiger partial charge in [-0.15, -0.1) is 0 Å². The highest BCUT2D eigenvalue weighted by molar-refractivity contribution is 7.90. The van der Waals surface area contributed by atoms with Crippen molar-refractivity contribution in [3.63, 3.8) is 0 Å². The molecule has 0 spiro atoms. The van der Waals surface area contributed by atoms with Gasteiger partial charge in [0.25, 0.3) is 0 Å². The Labute approximate surface area is 110 Å². The van der Waals surface area contributed by atoms with E-state index >= 15 is 0 Å². The van der Waals surface area contributed by atoms with Gasteiger partial charge in [-0.05, 0) is 36.5 Å². The van der Waals surface area contributed by atoms with Crippen molar-refractivity contribution >= 4 is 9.84 Å². The molecular weight excluding hydrogens is 248 g/mol. The number of benzene rings is 1. The Balaban J connectivity index is 2.59. The molecule has 18 heavy (non-hydrogen) atoms. The second-order valence-electron chi connectivity index (χ2n) is 5.01. The summed E-state index contributed by atoms with van der Waals surface area (Å²) in [6, 6.07) is 6.19. The molecule has 4 heteroatoms. The molecule has 0 radical (unpaired) electrons. The van der Waals surface area contributed by atoms with E-state index in [0.717, 1.165) is 11.3 Å². The normalized spacial score (nSPS) is 11.8. The van der Waals surface area contributed by atoms with Crippen molar-refractivity contribution < 1.29 is 13.2 Å². The Morgan fingerprint density at radius 2 is 1.94 bits per heavy atom. The molecule has 0 bridgehead atoms. The largest absolute Gasteiger partial charge is 0.493 e. The molecule has 3 nitrogen and oxygen atoms in total. The van der Waals surface area contributed by atoms with Crippen LogP contribution in [0, 0.1) is 6.92 Å². The Hall–Kier alpha value is -1.03. The predicted octanol–water partition coefficient (Wildman–Crippen LogP) is 2.93. The second-order valence-corrected chi connectivity index (χ2v) is 7.27. The topological polar surface area (TPSA) is 43.4 Å². The standard InChI is InChI=1S/C14H22O3S/c1-11(2)13-7-6-12(3)14(10-13)17-8-5-9-18(4,15)16/h6-7,10-11H,5,8-9H2,1-4H3. The lowest BCUT2D eigenvalue weighted by atomic mass is 10.0. The van der Waals surface area contributed by atoms with Crippen LogP contribution in [0.1, 0.15) is 37.3 Å². The van der Waals surface area contributed by atoms with E-state index in [1.165, 1.54) is 11.8 Å². The van der Waals surface area contributed by atoms with Crippen molar-refractivity contribution in [2.45, 2.75) is 33.1 Å². The van der Waals surface area contributed by atoms with Gasteiger partial charge in [0.2, 0.25) is 0 Å². The molecule has 0 aromatic heterocycles. The molecule has 0 aliphatic rings. The molecule has 0 fully saturated rings. The average Bonchev–Trinajstić information content (AvgIpc) is 2.24. The highest BCUT2D eigenvalue weighted by Gasteiger charge is 2.06. The maximum Gasteiger partial charge on any atom is 0.147 e. The number of hydrogen-bond donors (Lipinski definition) is 0. The molecule has 0 saturated heterocycles. The molecule has 0 atom stereocenters. The van der Waals surface area contributed by atoms with Gasteiger partial charge in [0.1, 0.15) is 15.6 Å². The molecule has 102 valence electrons. The van der Waals surface area contributed by atoms with Gasteiger partial charge >= 0.3 is 0 Å². The SMILES string of the molecule is Cc1ccc(C(C)C)cc1OCCCS(C)(=O)=O. The zero-order valence-corrected chi connectivity index (χ0v) is 12.4. The van der Waals surface area contributed by atoms with Crippen LogP contribution in [-0.2, 0) is 9.84 Å². The second kappa shape index (κ2) is 6.23. The lowest BCUT2D eigenvalue weighted by molar-refractivity contribution is 0.315. The van der Waals surface area contributed by atoms with Crippen molar-refractivity contribution in [2.24, 2.45) is 0 Å². The Bertz CT molecular complexity index is 490. The van der Waals surface area contributed by atoms with E-state index in [2.05, 4.69) is 19.9 Å². The number of aryl methyl sites for hydroxylation is 1. The molecule has 0 heterocycles. The van der Waals surface area contributed by atoms with E-state index in [1.807, 2.05) is 19.1 Å². The van der Waals surface area contributed by atoms with Gasteiger partial charge in [0, 0.05) is 6.26 Å². The van der Waals surface area contributed by atoms with Crippen LogP contribution in [-0.4, -0.2) is 27.0 Å². The van der Waals surface area contributed by atoms with Crippen molar-refractivity contribution in [3.8, 4) is 5.75 Å². The highest BCUT2D eigenvalue weighted by Crippen LogP contribution is 2.24. The quantitative estimate of drug-likeness (QED) is 0.746. The van der Waals surface area contributed by atoms with Crippen LogP contribution >= 0.6 is 0 Å². The monoisotopic (exact) mass is 270 g/mol. The molecule has 1 aromatic carbocycles. The molecule has 0 saturated carbocycles. The van der Waals surface area contributed by atoms with E-state index < -0.39 is 9.84 Å². The molecule has 1 aromatic rings. The average molecular weight is 270 g/mol. The molecule has 1 rings (SSSR count). The van der Waals surface area contributed by atoms with Crippen LogP contribution in [0.2, 0.25) is 0 Å². The number of hydrogen-bond acceptors (Lipinski definition) is 3. The van der Waals surface area contributed by atoms with Crippen molar-refractivity contribution in [1.29, 1.82) is 0 Å².